The van der Waals surface area contributed by atoms with Gasteiger partial charge in [0.05, 0.1) is 17.6 Å². The van der Waals surface area contributed by atoms with Gasteiger partial charge in [0.1, 0.15) is 5.69 Å². The first-order chi connectivity index (χ1) is 11.6. The second kappa shape index (κ2) is 6.03. The molecule has 1 aromatic carbocycles. The summed E-state index contributed by atoms with van der Waals surface area (Å²) in [6.45, 7) is 3.45. The predicted octanol–water partition coefficient (Wildman–Crippen LogP) is 1.80. The summed E-state index contributed by atoms with van der Waals surface area (Å²) < 4.78 is 57.9. The molecule has 0 bridgehead atoms. The van der Waals surface area contributed by atoms with Gasteiger partial charge in [-0.1, -0.05) is 11.2 Å². The minimum absolute atomic E-state index is 0.00908. The van der Waals surface area contributed by atoms with E-state index >= 15 is 0 Å². The van der Waals surface area contributed by atoms with E-state index in [1.54, 1.807) is 25.1 Å². The molecule has 0 saturated heterocycles. The van der Waals surface area contributed by atoms with Gasteiger partial charge < -0.3 is 4.52 Å². The van der Waals surface area contributed by atoms with Crippen LogP contribution in [0.2, 0.25) is 0 Å². The number of aryl methyl sites for hydroxylation is 3. The van der Waals surface area contributed by atoms with Gasteiger partial charge in [-0.3, -0.25) is 9.03 Å². The Bertz CT molecular complexity index is 1010. The number of hydrogen-bond acceptors (Lipinski definition) is 6. The number of anilines is 2. The molecule has 25 heavy (non-hydrogen) atoms. The summed E-state index contributed by atoms with van der Waals surface area (Å²) in [4.78, 5) is -0.00908. The van der Waals surface area contributed by atoms with E-state index in [0.29, 0.717) is 12.2 Å². The molecule has 0 spiro atoms. The quantitative estimate of drug-likeness (QED) is 0.859. The summed E-state index contributed by atoms with van der Waals surface area (Å²) >= 11 is 0. The Hall–Kier alpha value is -2.07. The fourth-order valence-electron chi connectivity index (χ4n) is 3.01. The average Bonchev–Trinajstić information content (AvgIpc) is 2.85. The first-order valence-electron chi connectivity index (χ1n) is 7.66. The highest BCUT2D eigenvalue weighted by Gasteiger charge is 2.27. The van der Waals surface area contributed by atoms with Crippen LogP contribution in [0.25, 0.3) is 0 Å². The third-order valence-electron chi connectivity index (χ3n) is 4.05. The zero-order valence-corrected chi connectivity index (χ0v) is 15.7. The van der Waals surface area contributed by atoms with Crippen molar-refractivity contribution < 1.29 is 21.4 Å². The topological polar surface area (TPSA) is 110 Å². The molecule has 1 aliphatic heterocycles. The molecular formula is C15H19N3O5S2. The minimum atomic E-state index is -3.89. The number of aromatic nitrogens is 1. The number of rotatable bonds is 4. The van der Waals surface area contributed by atoms with Crippen molar-refractivity contribution in [3.05, 3.63) is 35.2 Å². The van der Waals surface area contributed by atoms with Gasteiger partial charge in [-0.15, -0.1) is 0 Å². The standard InChI is InChI=1S/C15H19N3O5S2/c1-10-15(11(2)23-16-10)25(21,22)17-13-7-6-12-5-4-8-18(14(12)9-13)24(3,19)20/h6-7,9,17H,4-5,8H2,1-3H3. The molecule has 1 aliphatic rings. The van der Waals surface area contributed by atoms with E-state index in [1.165, 1.54) is 11.2 Å². The van der Waals surface area contributed by atoms with E-state index in [9.17, 15) is 16.8 Å². The largest absolute Gasteiger partial charge is 0.360 e. The van der Waals surface area contributed by atoms with E-state index in [1.807, 2.05) is 0 Å². The molecule has 10 heteroatoms. The second-order valence-corrected chi connectivity index (χ2v) is 9.57. The van der Waals surface area contributed by atoms with Crippen LogP contribution in [-0.2, 0) is 26.5 Å². The number of nitrogens with zero attached hydrogens (tertiary/aromatic N) is 2. The minimum Gasteiger partial charge on any atom is -0.360 e. The van der Waals surface area contributed by atoms with Crippen molar-refractivity contribution in [1.29, 1.82) is 0 Å². The van der Waals surface area contributed by atoms with Crippen LogP contribution in [0.4, 0.5) is 11.4 Å². The molecule has 0 radical (unpaired) electrons. The first kappa shape index (κ1) is 17.7. The Labute approximate surface area is 146 Å². The van der Waals surface area contributed by atoms with Gasteiger partial charge in [0.15, 0.2) is 10.7 Å². The van der Waals surface area contributed by atoms with Crippen molar-refractivity contribution in [2.75, 3.05) is 21.8 Å². The number of sulfonamides is 2. The highest BCUT2D eigenvalue weighted by atomic mass is 32.2. The van der Waals surface area contributed by atoms with Crippen LogP contribution in [0.15, 0.2) is 27.6 Å². The normalized spacial score (nSPS) is 15.1. The molecule has 1 N–H and O–H groups in total. The molecule has 1 aromatic heterocycles. The average molecular weight is 385 g/mol. The van der Waals surface area contributed by atoms with Gasteiger partial charge in [-0.25, -0.2) is 16.8 Å². The zero-order valence-electron chi connectivity index (χ0n) is 14.1. The molecule has 0 unspecified atom stereocenters. The smallest absolute Gasteiger partial charge is 0.267 e. The van der Waals surface area contributed by atoms with Gasteiger partial charge in [0.25, 0.3) is 10.0 Å². The lowest BCUT2D eigenvalue weighted by Crippen LogP contribution is -2.34. The second-order valence-electron chi connectivity index (χ2n) is 6.04. The summed E-state index contributed by atoms with van der Waals surface area (Å²) in [5.41, 5.74) is 1.93. The number of hydrogen-bond donors (Lipinski definition) is 1. The highest BCUT2D eigenvalue weighted by Crippen LogP contribution is 2.32. The lowest BCUT2D eigenvalue weighted by molar-refractivity contribution is 0.390. The summed E-state index contributed by atoms with van der Waals surface area (Å²) in [5, 5.41) is 3.66. The van der Waals surface area contributed by atoms with Crippen LogP contribution < -0.4 is 9.03 Å². The molecule has 0 aliphatic carbocycles. The van der Waals surface area contributed by atoms with Crippen LogP contribution in [0.1, 0.15) is 23.4 Å². The third kappa shape index (κ3) is 3.36. The van der Waals surface area contributed by atoms with Gasteiger partial charge in [-0.05, 0) is 44.4 Å². The zero-order chi connectivity index (χ0) is 18.4. The van der Waals surface area contributed by atoms with Gasteiger partial charge in [0, 0.05) is 6.54 Å². The van der Waals surface area contributed by atoms with Crippen LogP contribution in [-0.4, -0.2) is 34.8 Å². The Balaban J connectivity index is 2.00. The van der Waals surface area contributed by atoms with E-state index in [4.69, 9.17) is 4.52 Å². The molecule has 2 heterocycles. The van der Waals surface area contributed by atoms with E-state index < -0.39 is 20.0 Å². The first-order valence-corrected chi connectivity index (χ1v) is 11.0. The van der Waals surface area contributed by atoms with Gasteiger partial charge >= 0.3 is 0 Å². The Kier molecular flexibility index (Phi) is 4.28. The molecular weight excluding hydrogens is 366 g/mol. The van der Waals surface area contributed by atoms with Crippen LogP contribution in [0.3, 0.4) is 0 Å². The molecule has 8 nitrogen and oxygen atoms in total. The van der Waals surface area contributed by atoms with E-state index in [-0.39, 0.29) is 22.0 Å². The SMILES string of the molecule is Cc1noc(C)c1S(=O)(=O)Nc1ccc2c(c1)N(S(C)(=O)=O)CCC2. The maximum atomic E-state index is 12.6. The summed E-state index contributed by atoms with van der Waals surface area (Å²) in [7, 11) is -7.31. The Morgan fingerprint density at radius 1 is 1.20 bits per heavy atom. The summed E-state index contributed by atoms with van der Waals surface area (Å²) in [6.07, 6.45) is 2.62. The predicted molar refractivity (Wildman–Crippen MR) is 93.7 cm³/mol. The fourth-order valence-corrected chi connectivity index (χ4v) is 5.38. The lowest BCUT2D eigenvalue weighted by atomic mass is 10.0. The molecule has 2 aromatic rings. The van der Waals surface area contributed by atoms with Crippen molar-refractivity contribution >= 4 is 31.4 Å². The summed E-state index contributed by atoms with van der Waals surface area (Å²) in [6, 6.07) is 4.92. The van der Waals surface area contributed by atoms with Crippen molar-refractivity contribution in [2.24, 2.45) is 0 Å². The summed E-state index contributed by atoms with van der Waals surface area (Å²) in [5.74, 6) is 0.195. The molecule has 136 valence electrons. The van der Waals surface area contributed by atoms with Gasteiger partial charge in [0.2, 0.25) is 10.0 Å². The third-order valence-corrected chi connectivity index (χ3v) is 6.86. The Morgan fingerprint density at radius 2 is 1.92 bits per heavy atom. The van der Waals surface area contributed by atoms with E-state index in [2.05, 4.69) is 9.88 Å². The molecule has 0 amide bonds. The number of nitrogens with one attached hydrogen (secondary N) is 1. The van der Waals surface area contributed by atoms with Crippen molar-refractivity contribution in [3.63, 3.8) is 0 Å². The van der Waals surface area contributed by atoms with Crippen LogP contribution >= 0.6 is 0 Å². The van der Waals surface area contributed by atoms with Gasteiger partial charge in [-0.2, -0.15) is 0 Å². The molecule has 0 fully saturated rings. The van der Waals surface area contributed by atoms with E-state index in [0.717, 1.165) is 24.7 Å². The lowest BCUT2D eigenvalue weighted by Gasteiger charge is -2.29. The number of fused-ring (bicyclic) bond motifs is 1. The molecule has 0 saturated carbocycles. The van der Waals surface area contributed by atoms with Crippen molar-refractivity contribution in [2.45, 2.75) is 31.6 Å². The molecule has 3 rings (SSSR count). The molecule has 0 atom stereocenters. The van der Waals surface area contributed by atoms with Crippen LogP contribution in [0.5, 0.6) is 0 Å². The Morgan fingerprint density at radius 3 is 2.52 bits per heavy atom. The van der Waals surface area contributed by atoms with Crippen LogP contribution in [0, 0.1) is 13.8 Å². The maximum Gasteiger partial charge on any atom is 0.267 e. The van der Waals surface area contributed by atoms with Crippen molar-refractivity contribution in [3.8, 4) is 0 Å². The fraction of sp³-hybridized carbons (Fsp3) is 0.400. The highest BCUT2D eigenvalue weighted by molar-refractivity contribution is 7.93. The number of benzene rings is 1. The maximum absolute atomic E-state index is 12.6. The van der Waals surface area contributed by atoms with Crippen molar-refractivity contribution in [1.82, 2.24) is 5.16 Å². The monoisotopic (exact) mass is 385 g/mol.